The molecular formula is C17H13NO6. The SMILES string of the molecule is O=C(O)C1C2Oc3cc(OCc4cccc([N+](=O)[O-])c4)ccc3C21. The van der Waals surface area contributed by atoms with Gasteiger partial charge in [-0.25, -0.2) is 0 Å². The topological polar surface area (TPSA) is 98.9 Å². The first-order chi connectivity index (χ1) is 11.5. The van der Waals surface area contributed by atoms with Crippen molar-refractivity contribution in [1.29, 1.82) is 0 Å². The van der Waals surface area contributed by atoms with Crippen molar-refractivity contribution in [1.82, 2.24) is 0 Å². The van der Waals surface area contributed by atoms with Crippen molar-refractivity contribution >= 4 is 11.7 Å². The Bertz CT molecular complexity index is 849. The van der Waals surface area contributed by atoms with Gasteiger partial charge in [-0.15, -0.1) is 0 Å². The highest BCUT2D eigenvalue weighted by Crippen LogP contribution is 2.58. The van der Waals surface area contributed by atoms with Crippen molar-refractivity contribution in [2.24, 2.45) is 5.92 Å². The highest BCUT2D eigenvalue weighted by atomic mass is 16.6. The van der Waals surface area contributed by atoms with Crippen LogP contribution in [0.2, 0.25) is 0 Å². The summed E-state index contributed by atoms with van der Waals surface area (Å²) >= 11 is 0. The average Bonchev–Trinajstić information content (AvgIpc) is 3.16. The van der Waals surface area contributed by atoms with Gasteiger partial charge in [-0.1, -0.05) is 18.2 Å². The molecule has 24 heavy (non-hydrogen) atoms. The summed E-state index contributed by atoms with van der Waals surface area (Å²) in [5.74, 6) is -0.119. The monoisotopic (exact) mass is 327 g/mol. The standard InChI is InChI=1S/C17H13NO6/c19-17(20)15-14-12-5-4-11(7-13(12)24-16(14)15)23-8-9-2-1-3-10(6-9)18(21)22/h1-7,14-16H,8H2,(H,19,20). The predicted octanol–water partition coefficient (Wildman–Crippen LogP) is 2.73. The van der Waals surface area contributed by atoms with Gasteiger partial charge in [0.25, 0.3) is 5.69 Å². The van der Waals surface area contributed by atoms with Crippen LogP contribution in [0.4, 0.5) is 5.69 Å². The molecule has 0 amide bonds. The summed E-state index contributed by atoms with van der Waals surface area (Å²) < 4.78 is 11.3. The van der Waals surface area contributed by atoms with E-state index in [1.807, 2.05) is 6.07 Å². The van der Waals surface area contributed by atoms with Crippen LogP contribution in [0.15, 0.2) is 42.5 Å². The van der Waals surface area contributed by atoms with Crippen LogP contribution >= 0.6 is 0 Å². The van der Waals surface area contributed by atoms with Crippen LogP contribution in [0.5, 0.6) is 11.5 Å². The molecule has 1 N–H and O–H groups in total. The van der Waals surface area contributed by atoms with Crippen LogP contribution in [0.3, 0.4) is 0 Å². The number of hydrogen-bond donors (Lipinski definition) is 1. The molecule has 122 valence electrons. The lowest BCUT2D eigenvalue weighted by molar-refractivity contribution is -0.384. The van der Waals surface area contributed by atoms with Gasteiger partial charge in [0.1, 0.15) is 30.1 Å². The van der Waals surface area contributed by atoms with Gasteiger partial charge in [-0.3, -0.25) is 14.9 Å². The van der Waals surface area contributed by atoms with E-state index in [9.17, 15) is 14.9 Å². The van der Waals surface area contributed by atoms with Gasteiger partial charge in [0, 0.05) is 29.7 Å². The van der Waals surface area contributed by atoms with Crippen LogP contribution in [0, 0.1) is 16.0 Å². The number of fused-ring (bicyclic) bond motifs is 3. The number of non-ortho nitro benzene ring substituents is 1. The predicted molar refractivity (Wildman–Crippen MR) is 82.2 cm³/mol. The molecule has 2 aromatic rings. The molecule has 3 unspecified atom stereocenters. The first-order valence-electron chi connectivity index (χ1n) is 7.44. The number of benzene rings is 2. The van der Waals surface area contributed by atoms with Crippen molar-refractivity contribution < 1.29 is 24.3 Å². The number of nitro benzene ring substituents is 1. The van der Waals surface area contributed by atoms with E-state index in [4.69, 9.17) is 14.6 Å². The number of aliphatic carboxylic acids is 1. The maximum atomic E-state index is 11.0. The minimum Gasteiger partial charge on any atom is -0.489 e. The van der Waals surface area contributed by atoms with Gasteiger partial charge < -0.3 is 14.6 Å². The minimum atomic E-state index is -0.832. The van der Waals surface area contributed by atoms with Gasteiger partial charge in [-0.2, -0.15) is 0 Å². The Hall–Kier alpha value is -3.09. The number of ether oxygens (including phenoxy) is 2. The summed E-state index contributed by atoms with van der Waals surface area (Å²) in [4.78, 5) is 21.4. The summed E-state index contributed by atoms with van der Waals surface area (Å²) in [6, 6.07) is 11.6. The minimum absolute atomic E-state index is 0.0215. The van der Waals surface area contributed by atoms with E-state index in [2.05, 4.69) is 0 Å². The summed E-state index contributed by atoms with van der Waals surface area (Å²) in [6.07, 6.45) is -0.274. The van der Waals surface area contributed by atoms with E-state index in [0.717, 1.165) is 5.56 Å². The lowest BCUT2D eigenvalue weighted by atomic mass is 10.1. The molecule has 3 atom stereocenters. The molecule has 7 heteroatoms. The number of carboxylic acids is 1. The lowest BCUT2D eigenvalue weighted by Crippen LogP contribution is -2.08. The molecule has 1 fully saturated rings. The Labute approximate surface area is 136 Å². The second-order valence-corrected chi connectivity index (χ2v) is 5.89. The first kappa shape index (κ1) is 14.5. The van der Waals surface area contributed by atoms with Gasteiger partial charge in [0.15, 0.2) is 0 Å². The fourth-order valence-corrected chi connectivity index (χ4v) is 3.15. The van der Waals surface area contributed by atoms with Crippen molar-refractivity contribution in [3.63, 3.8) is 0 Å². The first-order valence-corrected chi connectivity index (χ1v) is 7.44. The van der Waals surface area contributed by atoms with Crippen LogP contribution < -0.4 is 9.47 Å². The molecule has 7 nitrogen and oxygen atoms in total. The quantitative estimate of drug-likeness (QED) is 0.669. The Morgan fingerprint density at radius 3 is 2.88 bits per heavy atom. The van der Waals surface area contributed by atoms with E-state index >= 15 is 0 Å². The molecule has 0 spiro atoms. The van der Waals surface area contributed by atoms with E-state index in [-0.39, 0.29) is 24.3 Å². The largest absolute Gasteiger partial charge is 0.489 e. The van der Waals surface area contributed by atoms with Crippen LogP contribution in [-0.2, 0) is 11.4 Å². The highest BCUT2D eigenvalue weighted by Gasteiger charge is 2.63. The molecule has 1 saturated carbocycles. The van der Waals surface area contributed by atoms with Crippen molar-refractivity contribution in [2.75, 3.05) is 0 Å². The third kappa shape index (κ3) is 2.34. The summed E-state index contributed by atoms with van der Waals surface area (Å²) in [7, 11) is 0. The Morgan fingerprint density at radius 2 is 2.12 bits per heavy atom. The Balaban J connectivity index is 1.45. The highest BCUT2D eigenvalue weighted by molar-refractivity contribution is 5.79. The van der Waals surface area contributed by atoms with Crippen molar-refractivity contribution in [2.45, 2.75) is 18.6 Å². The summed E-state index contributed by atoms with van der Waals surface area (Å²) in [5, 5.41) is 19.8. The molecule has 0 saturated heterocycles. The molecule has 1 heterocycles. The molecular weight excluding hydrogens is 314 g/mol. The summed E-state index contributed by atoms with van der Waals surface area (Å²) in [5.41, 5.74) is 1.61. The van der Waals surface area contributed by atoms with Crippen molar-refractivity contribution in [3.05, 3.63) is 63.7 Å². The number of nitro groups is 1. The average molecular weight is 327 g/mol. The van der Waals surface area contributed by atoms with Crippen LogP contribution in [0.25, 0.3) is 0 Å². The maximum absolute atomic E-state index is 11.0. The molecule has 1 aliphatic heterocycles. The number of hydrogen-bond acceptors (Lipinski definition) is 5. The second-order valence-electron chi connectivity index (χ2n) is 5.89. The zero-order chi connectivity index (χ0) is 16.8. The molecule has 0 aromatic heterocycles. The van der Waals surface area contributed by atoms with E-state index in [1.165, 1.54) is 12.1 Å². The number of carboxylic acid groups (broad SMARTS) is 1. The zero-order valence-corrected chi connectivity index (χ0v) is 12.4. The lowest BCUT2D eigenvalue weighted by Gasteiger charge is -2.10. The van der Waals surface area contributed by atoms with Gasteiger partial charge in [-0.05, 0) is 11.6 Å². The molecule has 2 aromatic carbocycles. The van der Waals surface area contributed by atoms with Crippen molar-refractivity contribution in [3.8, 4) is 11.5 Å². The van der Waals surface area contributed by atoms with E-state index in [1.54, 1.807) is 24.3 Å². The van der Waals surface area contributed by atoms with Gasteiger partial charge in [0.05, 0.1) is 4.92 Å². The van der Waals surface area contributed by atoms with Crippen LogP contribution in [-0.4, -0.2) is 22.1 Å². The summed E-state index contributed by atoms with van der Waals surface area (Å²) in [6.45, 7) is 0.199. The maximum Gasteiger partial charge on any atom is 0.311 e. The Kier molecular flexibility index (Phi) is 3.16. The van der Waals surface area contributed by atoms with Crippen LogP contribution in [0.1, 0.15) is 17.0 Å². The number of nitrogens with zero attached hydrogens (tertiary/aromatic N) is 1. The second kappa shape index (κ2) is 5.23. The zero-order valence-electron chi connectivity index (χ0n) is 12.4. The van der Waals surface area contributed by atoms with Gasteiger partial charge >= 0.3 is 5.97 Å². The molecule has 1 aliphatic carbocycles. The van der Waals surface area contributed by atoms with E-state index < -0.39 is 16.8 Å². The van der Waals surface area contributed by atoms with E-state index in [0.29, 0.717) is 17.1 Å². The third-order valence-electron chi connectivity index (χ3n) is 4.37. The fourth-order valence-electron chi connectivity index (χ4n) is 3.15. The van der Waals surface area contributed by atoms with Gasteiger partial charge in [0.2, 0.25) is 0 Å². The number of rotatable bonds is 5. The molecule has 4 rings (SSSR count). The third-order valence-corrected chi connectivity index (χ3v) is 4.37. The molecule has 2 aliphatic rings. The number of carbonyl (C=O) groups is 1. The fraction of sp³-hybridized carbons (Fsp3) is 0.235. The molecule has 0 radical (unpaired) electrons. The Morgan fingerprint density at radius 1 is 1.29 bits per heavy atom. The normalized spacial score (nSPS) is 22.9. The molecule has 0 bridgehead atoms. The smallest absolute Gasteiger partial charge is 0.311 e.